The maximum absolute atomic E-state index is 13.1. The number of aryl methyl sites for hydroxylation is 1. The van der Waals surface area contributed by atoms with Crippen LogP contribution in [0.4, 0.5) is 0 Å². The van der Waals surface area contributed by atoms with Crippen molar-refractivity contribution in [3.8, 4) is 0 Å². The molecule has 4 nitrogen and oxygen atoms in total. The monoisotopic (exact) mass is 334 g/mol. The Morgan fingerprint density at radius 2 is 2.04 bits per heavy atom. The lowest BCUT2D eigenvalue weighted by atomic mass is 10.1. The summed E-state index contributed by atoms with van der Waals surface area (Å²) in [6.45, 7) is 7.44. The lowest BCUT2D eigenvalue weighted by molar-refractivity contribution is 0.0245. The number of morpholine rings is 1. The average Bonchev–Trinajstić information content (AvgIpc) is 2.81. The molecule has 3 rings (SSSR count). The van der Waals surface area contributed by atoms with E-state index in [4.69, 9.17) is 4.74 Å². The second-order valence-corrected chi connectivity index (χ2v) is 7.46. The number of nitrogens with zero attached hydrogens (tertiary/aromatic N) is 2. The summed E-state index contributed by atoms with van der Waals surface area (Å²) in [6, 6.07) is 8.24. The second-order valence-electron chi connectivity index (χ2n) is 6.31. The number of amides is 1. The molecule has 126 valence electrons. The summed E-state index contributed by atoms with van der Waals surface area (Å²) in [6.07, 6.45) is 1.09. The summed E-state index contributed by atoms with van der Waals surface area (Å²) in [5.74, 6) is 2.38. The summed E-state index contributed by atoms with van der Waals surface area (Å²) < 4.78 is 5.45. The number of rotatable bonds is 3. The maximum Gasteiger partial charge on any atom is 0.254 e. The number of carbonyl (C=O) groups excluding carboxylic acids is 1. The minimum Gasteiger partial charge on any atom is -0.379 e. The van der Waals surface area contributed by atoms with Gasteiger partial charge in [-0.15, -0.1) is 0 Å². The number of hydrogen-bond acceptors (Lipinski definition) is 4. The van der Waals surface area contributed by atoms with Gasteiger partial charge in [-0.25, -0.2) is 0 Å². The Hall–Kier alpha value is -1.04. The zero-order chi connectivity index (χ0) is 16.1. The molecule has 5 heteroatoms. The summed E-state index contributed by atoms with van der Waals surface area (Å²) in [4.78, 5) is 17.7. The van der Waals surface area contributed by atoms with Gasteiger partial charge in [-0.1, -0.05) is 18.2 Å². The molecule has 2 heterocycles. The molecule has 0 aromatic heterocycles. The highest BCUT2D eigenvalue weighted by Crippen LogP contribution is 2.21. The van der Waals surface area contributed by atoms with E-state index in [1.54, 1.807) is 0 Å². The first kappa shape index (κ1) is 16.8. The van der Waals surface area contributed by atoms with Crippen LogP contribution in [-0.4, -0.2) is 72.6 Å². The Morgan fingerprint density at radius 3 is 2.83 bits per heavy atom. The fourth-order valence-corrected chi connectivity index (χ4v) is 4.35. The van der Waals surface area contributed by atoms with E-state index in [1.165, 1.54) is 0 Å². The molecule has 0 saturated carbocycles. The van der Waals surface area contributed by atoms with Crippen LogP contribution in [0.3, 0.4) is 0 Å². The van der Waals surface area contributed by atoms with Crippen LogP contribution in [0.2, 0.25) is 0 Å². The van der Waals surface area contributed by atoms with Crippen LogP contribution in [0, 0.1) is 6.92 Å². The zero-order valence-corrected chi connectivity index (χ0v) is 14.7. The van der Waals surface area contributed by atoms with Gasteiger partial charge in [-0.05, 0) is 30.7 Å². The number of benzene rings is 1. The smallest absolute Gasteiger partial charge is 0.254 e. The molecule has 0 aliphatic carbocycles. The van der Waals surface area contributed by atoms with Crippen molar-refractivity contribution in [2.45, 2.75) is 19.4 Å². The quantitative estimate of drug-likeness (QED) is 0.849. The molecule has 2 fully saturated rings. The predicted octanol–water partition coefficient (Wildman–Crippen LogP) is 2.27. The number of thioether (sulfide) groups is 1. The minimum atomic E-state index is 0.198. The third kappa shape index (κ3) is 4.28. The van der Waals surface area contributed by atoms with E-state index in [9.17, 15) is 4.79 Å². The number of carbonyl (C=O) groups is 1. The fourth-order valence-electron chi connectivity index (χ4n) is 3.30. The summed E-state index contributed by atoms with van der Waals surface area (Å²) >= 11 is 1.98. The van der Waals surface area contributed by atoms with Crippen molar-refractivity contribution >= 4 is 17.7 Å². The van der Waals surface area contributed by atoms with Crippen LogP contribution in [0.25, 0.3) is 0 Å². The molecular formula is C18H26N2O2S. The van der Waals surface area contributed by atoms with Crippen LogP contribution < -0.4 is 0 Å². The van der Waals surface area contributed by atoms with Crippen molar-refractivity contribution in [1.82, 2.24) is 9.80 Å². The van der Waals surface area contributed by atoms with Gasteiger partial charge in [0.05, 0.1) is 19.3 Å². The molecule has 23 heavy (non-hydrogen) atoms. The van der Waals surface area contributed by atoms with Crippen LogP contribution in [0.5, 0.6) is 0 Å². The van der Waals surface area contributed by atoms with Crippen LogP contribution in [0.1, 0.15) is 22.3 Å². The van der Waals surface area contributed by atoms with Crippen molar-refractivity contribution in [3.05, 3.63) is 35.4 Å². The van der Waals surface area contributed by atoms with Crippen molar-refractivity contribution in [3.63, 3.8) is 0 Å². The molecule has 1 amide bonds. The van der Waals surface area contributed by atoms with Gasteiger partial charge < -0.3 is 9.64 Å². The van der Waals surface area contributed by atoms with Gasteiger partial charge in [-0.3, -0.25) is 9.69 Å². The molecule has 0 unspecified atom stereocenters. The van der Waals surface area contributed by atoms with Gasteiger partial charge in [0.1, 0.15) is 0 Å². The molecule has 0 spiro atoms. The fraction of sp³-hybridized carbons (Fsp3) is 0.611. The van der Waals surface area contributed by atoms with Crippen molar-refractivity contribution in [2.24, 2.45) is 0 Å². The molecule has 1 aromatic rings. The van der Waals surface area contributed by atoms with Crippen molar-refractivity contribution in [1.29, 1.82) is 0 Å². The minimum absolute atomic E-state index is 0.198. The van der Waals surface area contributed by atoms with Gasteiger partial charge >= 0.3 is 0 Å². The second kappa shape index (κ2) is 8.18. The average molecular weight is 334 g/mol. The first-order chi connectivity index (χ1) is 11.3. The number of hydrogen-bond donors (Lipinski definition) is 0. The molecule has 1 atom stereocenters. The van der Waals surface area contributed by atoms with Gasteiger partial charge in [-0.2, -0.15) is 11.8 Å². The normalized spacial score (nSPS) is 23.5. The van der Waals surface area contributed by atoms with Gasteiger partial charge in [0.25, 0.3) is 5.91 Å². The van der Waals surface area contributed by atoms with E-state index >= 15 is 0 Å². The molecule has 0 bridgehead atoms. The SMILES string of the molecule is Cc1ccccc1C(=O)N1CCCSC[C@H]1CN1CCOCC1. The Bertz CT molecular complexity index is 532. The van der Waals surface area contributed by atoms with E-state index in [0.29, 0.717) is 6.04 Å². The summed E-state index contributed by atoms with van der Waals surface area (Å²) in [7, 11) is 0. The molecule has 0 radical (unpaired) electrons. The van der Waals surface area contributed by atoms with E-state index in [2.05, 4.69) is 9.80 Å². The zero-order valence-electron chi connectivity index (χ0n) is 13.9. The summed E-state index contributed by atoms with van der Waals surface area (Å²) in [5.41, 5.74) is 1.92. The molecule has 2 aliphatic rings. The van der Waals surface area contributed by atoms with Gasteiger partial charge in [0.15, 0.2) is 0 Å². The molecule has 1 aromatic carbocycles. The van der Waals surface area contributed by atoms with Gasteiger partial charge in [0, 0.05) is 37.5 Å². The van der Waals surface area contributed by atoms with E-state index < -0.39 is 0 Å². The lowest BCUT2D eigenvalue weighted by Gasteiger charge is -2.36. The van der Waals surface area contributed by atoms with Crippen LogP contribution in [0.15, 0.2) is 24.3 Å². The Balaban J connectivity index is 1.75. The molecular weight excluding hydrogens is 308 g/mol. The first-order valence-corrected chi connectivity index (χ1v) is 9.65. The third-order valence-corrected chi connectivity index (χ3v) is 5.85. The topological polar surface area (TPSA) is 32.8 Å². The largest absolute Gasteiger partial charge is 0.379 e. The highest BCUT2D eigenvalue weighted by molar-refractivity contribution is 7.99. The maximum atomic E-state index is 13.1. The molecule has 2 aliphatic heterocycles. The van der Waals surface area contributed by atoms with Crippen molar-refractivity contribution in [2.75, 3.05) is 50.9 Å². The van der Waals surface area contributed by atoms with Gasteiger partial charge in [0.2, 0.25) is 0 Å². The lowest BCUT2D eigenvalue weighted by Crippen LogP contribution is -2.50. The van der Waals surface area contributed by atoms with E-state index in [-0.39, 0.29) is 5.91 Å². The summed E-state index contributed by atoms with van der Waals surface area (Å²) in [5, 5.41) is 0. The Labute approximate surface area is 143 Å². The van der Waals surface area contributed by atoms with E-state index in [1.807, 2.05) is 43.0 Å². The first-order valence-electron chi connectivity index (χ1n) is 8.50. The predicted molar refractivity (Wildman–Crippen MR) is 95.2 cm³/mol. The molecule has 0 N–H and O–H groups in total. The van der Waals surface area contributed by atoms with Crippen LogP contribution in [-0.2, 0) is 4.74 Å². The standard InChI is InChI=1S/C18H26N2O2S/c1-15-5-2-3-6-17(15)18(21)20-7-4-12-23-14-16(20)13-19-8-10-22-11-9-19/h2-3,5-6,16H,4,7-14H2,1H3/t16-/m1/s1. The number of ether oxygens (including phenoxy) is 1. The highest BCUT2D eigenvalue weighted by atomic mass is 32.2. The van der Waals surface area contributed by atoms with Crippen molar-refractivity contribution < 1.29 is 9.53 Å². The van der Waals surface area contributed by atoms with Crippen LogP contribution >= 0.6 is 11.8 Å². The highest BCUT2D eigenvalue weighted by Gasteiger charge is 2.29. The Morgan fingerprint density at radius 1 is 1.26 bits per heavy atom. The van der Waals surface area contributed by atoms with E-state index in [0.717, 1.165) is 68.4 Å². The third-order valence-electron chi connectivity index (χ3n) is 4.65. The Kier molecular flexibility index (Phi) is 5.97. The molecule has 2 saturated heterocycles.